The Morgan fingerprint density at radius 2 is 2.20 bits per heavy atom. The van der Waals surface area contributed by atoms with Crippen LogP contribution < -0.4 is 5.32 Å². The summed E-state index contributed by atoms with van der Waals surface area (Å²) in [6.45, 7) is 2.41. The molecule has 7 heteroatoms. The normalized spacial score (nSPS) is 21.7. The molecule has 1 atom stereocenters. The summed E-state index contributed by atoms with van der Waals surface area (Å²) >= 11 is 5.58. The van der Waals surface area contributed by atoms with E-state index in [0.29, 0.717) is 31.7 Å². The largest absolute Gasteiger partial charge is 0.336 e. The zero-order valence-corrected chi connectivity index (χ0v) is 14.3. The van der Waals surface area contributed by atoms with E-state index < -0.39 is 0 Å². The van der Waals surface area contributed by atoms with Crippen molar-refractivity contribution in [2.24, 2.45) is 0 Å². The molecule has 0 saturated carbocycles. The summed E-state index contributed by atoms with van der Waals surface area (Å²) in [6, 6.07) is 5.79. The van der Waals surface area contributed by atoms with Crippen molar-refractivity contribution < 1.29 is 9.59 Å². The van der Waals surface area contributed by atoms with Crippen LogP contribution in [0.5, 0.6) is 0 Å². The van der Waals surface area contributed by atoms with Crippen LogP contribution in [0.15, 0.2) is 22.7 Å². The summed E-state index contributed by atoms with van der Waals surface area (Å²) in [5.74, 6) is 0.0368. The molecule has 0 radical (unpaired) electrons. The molecule has 1 aromatic rings. The third-order valence-electron chi connectivity index (χ3n) is 3.68. The second-order valence-electron chi connectivity index (χ2n) is 4.91. The molecule has 3 amide bonds. The van der Waals surface area contributed by atoms with E-state index in [2.05, 4.69) is 43.8 Å². The highest BCUT2D eigenvalue weighted by molar-refractivity contribution is 14.1. The molecule has 2 heterocycles. The Morgan fingerprint density at radius 3 is 3.00 bits per heavy atom. The molecule has 2 aliphatic rings. The van der Waals surface area contributed by atoms with E-state index in [4.69, 9.17) is 0 Å². The van der Waals surface area contributed by atoms with Crippen LogP contribution in [0.4, 0.5) is 4.79 Å². The van der Waals surface area contributed by atoms with Crippen molar-refractivity contribution in [2.75, 3.05) is 26.2 Å². The molecule has 3 rings (SSSR count). The molecular weight excluding hydrogens is 437 g/mol. The molecule has 2 aliphatic heterocycles. The highest BCUT2D eigenvalue weighted by Gasteiger charge is 2.37. The number of nitrogens with zero attached hydrogens (tertiary/aromatic N) is 2. The molecule has 0 aliphatic carbocycles. The van der Waals surface area contributed by atoms with Crippen molar-refractivity contribution >= 4 is 50.5 Å². The van der Waals surface area contributed by atoms with Crippen LogP contribution in [0.2, 0.25) is 0 Å². The number of carbonyl (C=O) groups is 2. The predicted octanol–water partition coefficient (Wildman–Crippen LogP) is 1.90. The van der Waals surface area contributed by atoms with E-state index in [-0.39, 0.29) is 18.0 Å². The molecule has 1 unspecified atom stereocenters. The van der Waals surface area contributed by atoms with Crippen molar-refractivity contribution in [2.45, 2.75) is 6.04 Å². The van der Waals surface area contributed by atoms with E-state index in [1.807, 2.05) is 28.0 Å². The van der Waals surface area contributed by atoms with E-state index in [1.165, 1.54) is 0 Å². The fourth-order valence-corrected chi connectivity index (χ4v) is 3.55. The molecular formula is C13H13BrIN3O2. The van der Waals surface area contributed by atoms with Gasteiger partial charge in [-0.15, -0.1) is 0 Å². The van der Waals surface area contributed by atoms with Gasteiger partial charge in [-0.1, -0.05) is 15.9 Å². The van der Waals surface area contributed by atoms with E-state index >= 15 is 0 Å². The first kappa shape index (κ1) is 14.1. The van der Waals surface area contributed by atoms with Crippen molar-refractivity contribution in [3.63, 3.8) is 0 Å². The van der Waals surface area contributed by atoms with Crippen LogP contribution in [-0.4, -0.2) is 54.0 Å². The highest BCUT2D eigenvalue weighted by atomic mass is 127. The van der Waals surface area contributed by atoms with E-state index in [0.717, 1.165) is 8.04 Å². The molecule has 106 valence electrons. The lowest BCUT2D eigenvalue weighted by molar-refractivity contribution is 0.0616. The monoisotopic (exact) mass is 449 g/mol. The lowest BCUT2D eigenvalue weighted by atomic mass is 10.1. The number of nitrogens with one attached hydrogen (secondary N) is 1. The summed E-state index contributed by atoms with van der Waals surface area (Å²) in [7, 11) is 0. The quantitative estimate of drug-likeness (QED) is 0.666. The number of halogens is 2. The van der Waals surface area contributed by atoms with Crippen LogP contribution in [-0.2, 0) is 0 Å². The minimum atomic E-state index is -0.0147. The molecule has 0 bridgehead atoms. The van der Waals surface area contributed by atoms with Gasteiger partial charge in [0.2, 0.25) is 0 Å². The number of hydrogen-bond donors (Lipinski definition) is 1. The highest BCUT2D eigenvalue weighted by Crippen LogP contribution is 2.22. The molecule has 2 saturated heterocycles. The maximum absolute atomic E-state index is 12.6. The predicted molar refractivity (Wildman–Crippen MR) is 86.7 cm³/mol. The zero-order valence-electron chi connectivity index (χ0n) is 10.6. The van der Waals surface area contributed by atoms with Crippen molar-refractivity contribution in [3.8, 4) is 0 Å². The number of hydrogen-bond acceptors (Lipinski definition) is 2. The second kappa shape index (κ2) is 5.51. The van der Waals surface area contributed by atoms with Crippen molar-refractivity contribution in [3.05, 3.63) is 31.8 Å². The van der Waals surface area contributed by atoms with Crippen LogP contribution in [0.25, 0.3) is 0 Å². The molecule has 5 nitrogen and oxygen atoms in total. The summed E-state index contributed by atoms with van der Waals surface area (Å²) in [4.78, 5) is 27.8. The Bertz CT molecular complexity index is 581. The van der Waals surface area contributed by atoms with Crippen molar-refractivity contribution in [1.29, 1.82) is 0 Å². The number of rotatable bonds is 1. The Labute approximate surface area is 138 Å². The lowest BCUT2D eigenvalue weighted by Crippen LogP contribution is -2.53. The number of piperazine rings is 1. The average molecular weight is 450 g/mol. The van der Waals surface area contributed by atoms with Gasteiger partial charge in [0, 0.05) is 34.2 Å². The van der Waals surface area contributed by atoms with Gasteiger partial charge >= 0.3 is 6.03 Å². The Balaban J connectivity index is 1.78. The van der Waals surface area contributed by atoms with Gasteiger partial charge in [-0.05, 0) is 40.8 Å². The van der Waals surface area contributed by atoms with Crippen LogP contribution in [0.3, 0.4) is 0 Å². The minimum absolute atomic E-state index is 0.0147. The first-order valence-electron chi connectivity index (χ1n) is 6.35. The van der Waals surface area contributed by atoms with Crippen molar-refractivity contribution in [1.82, 2.24) is 15.1 Å². The number of amides is 3. The average Bonchev–Trinajstić information content (AvgIpc) is 2.82. The van der Waals surface area contributed by atoms with Gasteiger partial charge in [0.05, 0.1) is 11.6 Å². The van der Waals surface area contributed by atoms with Crippen LogP contribution >= 0.6 is 38.5 Å². The molecule has 0 spiro atoms. The van der Waals surface area contributed by atoms with Gasteiger partial charge in [0.25, 0.3) is 5.91 Å². The van der Waals surface area contributed by atoms with E-state index in [1.54, 1.807) is 0 Å². The maximum Gasteiger partial charge on any atom is 0.317 e. The molecule has 1 N–H and O–H groups in total. The number of fused-ring (bicyclic) bond motifs is 1. The van der Waals surface area contributed by atoms with Gasteiger partial charge < -0.3 is 15.1 Å². The summed E-state index contributed by atoms with van der Waals surface area (Å²) in [5, 5.41) is 2.82. The summed E-state index contributed by atoms with van der Waals surface area (Å²) in [6.07, 6.45) is 0. The number of benzene rings is 1. The molecule has 20 heavy (non-hydrogen) atoms. The molecule has 1 aromatic carbocycles. The minimum Gasteiger partial charge on any atom is -0.336 e. The molecule has 0 aromatic heterocycles. The SMILES string of the molecule is O=C(c1cc(Br)ccc1I)N1CCN2C(=O)NCC2C1. The maximum atomic E-state index is 12.6. The Kier molecular flexibility index (Phi) is 3.89. The van der Waals surface area contributed by atoms with Gasteiger partial charge in [-0.3, -0.25) is 4.79 Å². The van der Waals surface area contributed by atoms with Gasteiger partial charge in [-0.2, -0.15) is 0 Å². The third-order valence-corrected chi connectivity index (χ3v) is 5.11. The number of urea groups is 1. The van der Waals surface area contributed by atoms with Crippen LogP contribution in [0.1, 0.15) is 10.4 Å². The first-order chi connectivity index (χ1) is 9.56. The summed E-state index contributed by atoms with van der Waals surface area (Å²) in [5.41, 5.74) is 0.714. The first-order valence-corrected chi connectivity index (χ1v) is 8.22. The van der Waals surface area contributed by atoms with Gasteiger partial charge in [0.1, 0.15) is 0 Å². The third kappa shape index (κ3) is 2.52. The Hall–Kier alpha value is -0.830. The Morgan fingerprint density at radius 1 is 1.40 bits per heavy atom. The van der Waals surface area contributed by atoms with E-state index in [9.17, 15) is 9.59 Å². The fraction of sp³-hybridized carbons (Fsp3) is 0.385. The summed E-state index contributed by atoms with van der Waals surface area (Å²) < 4.78 is 1.84. The second-order valence-corrected chi connectivity index (χ2v) is 6.99. The smallest absolute Gasteiger partial charge is 0.317 e. The molecule has 2 fully saturated rings. The fourth-order valence-electron chi connectivity index (χ4n) is 2.62. The lowest BCUT2D eigenvalue weighted by Gasteiger charge is -2.36. The topological polar surface area (TPSA) is 52.7 Å². The zero-order chi connectivity index (χ0) is 14.3. The standard InChI is InChI=1S/C13H13BrIN3O2/c14-8-1-2-11(15)10(5-8)12(19)17-3-4-18-9(7-17)6-16-13(18)20/h1-2,5,9H,3-4,6-7H2,(H,16,20). The van der Waals surface area contributed by atoms with Gasteiger partial charge in [-0.25, -0.2) is 4.79 Å². The number of carbonyl (C=O) groups excluding carboxylic acids is 2. The van der Waals surface area contributed by atoms with Crippen LogP contribution in [0, 0.1) is 3.57 Å². The van der Waals surface area contributed by atoms with Gasteiger partial charge in [0.15, 0.2) is 0 Å².